The normalized spacial score (nSPS) is 11.8. The van der Waals surface area contributed by atoms with E-state index >= 15 is 0 Å². The van der Waals surface area contributed by atoms with Gasteiger partial charge in [-0.3, -0.25) is 0 Å². The van der Waals surface area contributed by atoms with Crippen molar-refractivity contribution in [2.24, 2.45) is 0 Å². The molecule has 0 radical (unpaired) electrons. The van der Waals surface area contributed by atoms with Gasteiger partial charge in [-0.2, -0.15) is 0 Å². The summed E-state index contributed by atoms with van der Waals surface area (Å²) in [6.07, 6.45) is 0.819. The first-order chi connectivity index (χ1) is 12.5. The van der Waals surface area contributed by atoms with Gasteiger partial charge in [0.25, 0.3) is 0 Å². The number of ether oxygens (including phenoxy) is 1. The van der Waals surface area contributed by atoms with Crippen LogP contribution in [0.4, 0.5) is 11.4 Å². The average molecular weight is 345 g/mol. The predicted octanol–water partition coefficient (Wildman–Crippen LogP) is 5.44. The third kappa shape index (κ3) is 2.90. The number of para-hydroxylation sites is 1. The Hall–Kier alpha value is -3.27. The Morgan fingerprint density at radius 2 is 1.73 bits per heavy atom. The lowest BCUT2D eigenvalue weighted by atomic mass is 10.00. The molecule has 0 fully saturated rings. The fourth-order valence-corrected chi connectivity index (χ4v) is 3.19. The van der Waals surface area contributed by atoms with E-state index in [4.69, 9.17) is 4.74 Å². The van der Waals surface area contributed by atoms with Gasteiger partial charge in [-0.15, -0.1) is 0 Å². The van der Waals surface area contributed by atoms with E-state index in [1.807, 2.05) is 18.2 Å². The summed E-state index contributed by atoms with van der Waals surface area (Å²) in [5.74, 6) is 0.259. The number of aryl methyl sites for hydroxylation is 2. The van der Waals surface area contributed by atoms with Gasteiger partial charge in [0.15, 0.2) is 11.5 Å². The van der Waals surface area contributed by atoms with E-state index < -0.39 is 5.97 Å². The molecule has 1 heterocycles. The second-order valence-corrected chi connectivity index (χ2v) is 6.64. The number of carboxylic acid groups (broad SMARTS) is 1. The molecule has 0 saturated carbocycles. The zero-order valence-electron chi connectivity index (χ0n) is 14.7. The molecule has 26 heavy (non-hydrogen) atoms. The van der Waals surface area contributed by atoms with Crippen LogP contribution in [0.1, 0.15) is 32.6 Å². The number of carbonyl (C=O) groups is 1. The van der Waals surface area contributed by atoms with Crippen molar-refractivity contribution in [2.75, 3.05) is 5.32 Å². The summed E-state index contributed by atoms with van der Waals surface area (Å²) in [7, 11) is 0. The van der Waals surface area contributed by atoms with E-state index in [0.29, 0.717) is 17.2 Å². The molecule has 0 spiro atoms. The van der Waals surface area contributed by atoms with Crippen molar-refractivity contribution < 1.29 is 14.6 Å². The molecule has 0 bridgehead atoms. The van der Waals surface area contributed by atoms with Gasteiger partial charge in [0, 0.05) is 0 Å². The van der Waals surface area contributed by atoms with Gasteiger partial charge in [-0.1, -0.05) is 30.3 Å². The molecular weight excluding hydrogens is 326 g/mol. The number of nitrogens with one attached hydrogen (secondary N) is 1. The van der Waals surface area contributed by atoms with Gasteiger partial charge in [0.2, 0.25) is 0 Å². The van der Waals surface area contributed by atoms with Crippen LogP contribution in [0.15, 0.2) is 54.6 Å². The largest absolute Gasteiger partial charge is 0.478 e. The highest BCUT2D eigenvalue weighted by atomic mass is 16.5. The first-order valence-corrected chi connectivity index (χ1v) is 8.51. The molecule has 4 nitrogen and oxygen atoms in total. The first kappa shape index (κ1) is 16.2. The minimum absolute atomic E-state index is 0.201. The van der Waals surface area contributed by atoms with Crippen molar-refractivity contribution in [3.05, 3.63) is 82.4 Å². The fourth-order valence-electron chi connectivity index (χ4n) is 3.19. The summed E-state index contributed by atoms with van der Waals surface area (Å²) in [5, 5.41) is 12.5. The van der Waals surface area contributed by atoms with Crippen LogP contribution in [0, 0.1) is 13.8 Å². The lowest BCUT2D eigenvalue weighted by molar-refractivity contribution is 0.0697. The number of benzene rings is 3. The molecule has 4 heteroatoms. The Labute approximate surface area is 152 Å². The molecule has 130 valence electrons. The van der Waals surface area contributed by atoms with Crippen LogP contribution in [-0.2, 0) is 6.42 Å². The molecule has 1 aliphatic rings. The van der Waals surface area contributed by atoms with E-state index in [1.54, 1.807) is 18.2 Å². The number of rotatable bonds is 3. The Morgan fingerprint density at radius 1 is 0.962 bits per heavy atom. The van der Waals surface area contributed by atoms with E-state index in [-0.39, 0.29) is 5.56 Å². The van der Waals surface area contributed by atoms with E-state index in [2.05, 4.69) is 37.4 Å². The SMILES string of the molecule is Cc1ccc(Cc2ccc3c(c2)Oc2cccc(C(=O)O)c2N3)cc1C. The van der Waals surface area contributed by atoms with Gasteiger partial charge in [-0.05, 0) is 66.8 Å². The Balaban J connectivity index is 1.64. The molecule has 0 atom stereocenters. The third-order valence-corrected chi connectivity index (χ3v) is 4.76. The van der Waals surface area contributed by atoms with Crippen LogP contribution in [0.25, 0.3) is 0 Å². The van der Waals surface area contributed by atoms with Crippen molar-refractivity contribution in [3.8, 4) is 11.5 Å². The smallest absolute Gasteiger partial charge is 0.337 e. The summed E-state index contributed by atoms with van der Waals surface area (Å²) in [4.78, 5) is 11.4. The second kappa shape index (κ2) is 6.23. The summed E-state index contributed by atoms with van der Waals surface area (Å²) >= 11 is 0. The summed E-state index contributed by atoms with van der Waals surface area (Å²) < 4.78 is 5.96. The standard InChI is InChI=1S/C22H19NO3/c1-13-6-7-15(10-14(13)2)11-16-8-9-18-20(12-16)26-19-5-3-4-17(22(24)25)21(19)23-18/h3-10,12,23H,11H2,1-2H3,(H,24,25). The molecule has 0 saturated heterocycles. The van der Waals surface area contributed by atoms with E-state index in [0.717, 1.165) is 17.7 Å². The van der Waals surface area contributed by atoms with Gasteiger partial charge >= 0.3 is 5.97 Å². The van der Waals surface area contributed by atoms with Gasteiger partial charge in [0.05, 0.1) is 16.9 Å². The molecule has 4 rings (SSSR count). The average Bonchev–Trinajstić information content (AvgIpc) is 2.62. The molecule has 0 unspecified atom stereocenters. The van der Waals surface area contributed by atoms with Gasteiger partial charge in [0.1, 0.15) is 0 Å². The number of carboxylic acids is 1. The zero-order valence-corrected chi connectivity index (χ0v) is 14.7. The van der Waals surface area contributed by atoms with Crippen LogP contribution in [0.5, 0.6) is 11.5 Å². The van der Waals surface area contributed by atoms with Crippen molar-refractivity contribution in [3.63, 3.8) is 0 Å². The van der Waals surface area contributed by atoms with Crippen LogP contribution >= 0.6 is 0 Å². The quantitative estimate of drug-likeness (QED) is 0.519. The Morgan fingerprint density at radius 3 is 2.50 bits per heavy atom. The predicted molar refractivity (Wildman–Crippen MR) is 102 cm³/mol. The second-order valence-electron chi connectivity index (χ2n) is 6.64. The fraction of sp³-hybridized carbons (Fsp3) is 0.136. The first-order valence-electron chi connectivity index (χ1n) is 8.51. The van der Waals surface area contributed by atoms with Gasteiger partial charge in [-0.25, -0.2) is 4.79 Å². The molecule has 1 aliphatic heterocycles. The number of aromatic carboxylic acids is 1. The van der Waals surface area contributed by atoms with Crippen LogP contribution in [0.2, 0.25) is 0 Å². The van der Waals surface area contributed by atoms with Crippen molar-refractivity contribution in [1.82, 2.24) is 0 Å². The summed E-state index contributed by atoms with van der Waals surface area (Å²) in [6.45, 7) is 4.23. The molecule has 0 aliphatic carbocycles. The molecule has 3 aromatic carbocycles. The monoisotopic (exact) mass is 345 g/mol. The lowest BCUT2D eigenvalue weighted by Crippen LogP contribution is -2.09. The highest BCUT2D eigenvalue weighted by Crippen LogP contribution is 2.44. The van der Waals surface area contributed by atoms with Crippen molar-refractivity contribution in [2.45, 2.75) is 20.3 Å². The maximum atomic E-state index is 11.4. The minimum atomic E-state index is -0.979. The Bertz CT molecular complexity index is 1020. The highest BCUT2D eigenvalue weighted by molar-refractivity contribution is 5.98. The molecule has 2 N–H and O–H groups in total. The summed E-state index contributed by atoms with van der Waals surface area (Å²) in [6, 6.07) is 17.5. The van der Waals surface area contributed by atoms with Crippen LogP contribution < -0.4 is 10.1 Å². The minimum Gasteiger partial charge on any atom is -0.478 e. The van der Waals surface area contributed by atoms with E-state index in [9.17, 15) is 9.90 Å². The summed E-state index contributed by atoms with van der Waals surface area (Å²) in [5.41, 5.74) is 6.44. The zero-order chi connectivity index (χ0) is 18.3. The van der Waals surface area contributed by atoms with Gasteiger partial charge < -0.3 is 15.2 Å². The lowest BCUT2D eigenvalue weighted by Gasteiger charge is -2.23. The number of anilines is 2. The maximum Gasteiger partial charge on any atom is 0.337 e. The molecule has 0 amide bonds. The molecular formula is C22H19NO3. The van der Waals surface area contributed by atoms with Crippen molar-refractivity contribution in [1.29, 1.82) is 0 Å². The van der Waals surface area contributed by atoms with Crippen LogP contribution in [-0.4, -0.2) is 11.1 Å². The highest BCUT2D eigenvalue weighted by Gasteiger charge is 2.22. The maximum absolute atomic E-state index is 11.4. The number of hydrogen-bond donors (Lipinski definition) is 2. The van der Waals surface area contributed by atoms with Crippen LogP contribution in [0.3, 0.4) is 0 Å². The third-order valence-electron chi connectivity index (χ3n) is 4.76. The molecule has 0 aromatic heterocycles. The molecule has 3 aromatic rings. The number of fused-ring (bicyclic) bond motifs is 2. The topological polar surface area (TPSA) is 58.6 Å². The van der Waals surface area contributed by atoms with E-state index in [1.165, 1.54) is 16.7 Å². The van der Waals surface area contributed by atoms with Crippen molar-refractivity contribution >= 4 is 17.3 Å². The number of hydrogen-bond acceptors (Lipinski definition) is 3. The Kier molecular flexibility index (Phi) is 3.88.